The predicted molar refractivity (Wildman–Crippen MR) is 96.5 cm³/mol. The minimum atomic E-state index is -0.180. The molecule has 4 rings (SSSR count). The van der Waals surface area contributed by atoms with Gasteiger partial charge in [0.15, 0.2) is 0 Å². The summed E-state index contributed by atoms with van der Waals surface area (Å²) in [7, 11) is 1.53. The fourth-order valence-electron chi connectivity index (χ4n) is 2.90. The number of hydrogen-bond donors (Lipinski definition) is 0. The molecule has 3 heterocycles. The third kappa shape index (κ3) is 2.97. The zero-order valence-electron chi connectivity index (χ0n) is 14.0. The molecule has 0 bridgehead atoms. The van der Waals surface area contributed by atoms with Gasteiger partial charge in [-0.2, -0.15) is 8.75 Å². The van der Waals surface area contributed by atoms with Crippen LogP contribution in [-0.4, -0.2) is 57.2 Å². The van der Waals surface area contributed by atoms with Gasteiger partial charge in [-0.15, -0.1) is 0 Å². The van der Waals surface area contributed by atoms with Crippen molar-refractivity contribution in [2.24, 2.45) is 0 Å². The molecule has 0 atom stereocenters. The van der Waals surface area contributed by atoms with Gasteiger partial charge in [0.2, 0.25) is 11.8 Å². The molecule has 0 aliphatic carbocycles. The number of carbonyl (C=O) groups excluding carboxylic acids is 2. The van der Waals surface area contributed by atoms with Crippen LogP contribution in [0.3, 0.4) is 0 Å². The number of rotatable bonds is 3. The molecule has 0 spiro atoms. The molecule has 0 radical (unpaired) electrons. The highest BCUT2D eigenvalue weighted by Crippen LogP contribution is 2.22. The van der Waals surface area contributed by atoms with E-state index in [4.69, 9.17) is 4.74 Å². The molecular weight excluding hydrogens is 354 g/mol. The van der Waals surface area contributed by atoms with Crippen LogP contribution in [0.5, 0.6) is 5.88 Å². The lowest BCUT2D eigenvalue weighted by molar-refractivity contribution is -0.120. The number of piperazine rings is 1. The van der Waals surface area contributed by atoms with Crippen molar-refractivity contribution in [3.8, 4) is 5.88 Å². The Morgan fingerprint density at radius 1 is 1.15 bits per heavy atom. The van der Waals surface area contributed by atoms with Crippen LogP contribution in [0.4, 0.5) is 5.69 Å². The number of anilines is 1. The van der Waals surface area contributed by atoms with E-state index in [2.05, 4.69) is 13.7 Å². The van der Waals surface area contributed by atoms with Crippen LogP contribution in [-0.2, 0) is 4.79 Å². The quantitative estimate of drug-likeness (QED) is 0.697. The van der Waals surface area contributed by atoms with Gasteiger partial charge in [-0.3, -0.25) is 9.59 Å². The maximum absolute atomic E-state index is 12.7. The topological polar surface area (TPSA) is 88.5 Å². The van der Waals surface area contributed by atoms with Crippen molar-refractivity contribution in [3.63, 3.8) is 0 Å². The Labute approximate surface area is 153 Å². The molecule has 1 aliphatic rings. The summed E-state index contributed by atoms with van der Waals surface area (Å²) < 4.78 is 13.4. The first-order valence-electron chi connectivity index (χ1n) is 7.98. The largest absolute Gasteiger partial charge is 0.481 e. The average Bonchev–Trinajstić information content (AvgIpc) is 3.15. The van der Waals surface area contributed by atoms with Gasteiger partial charge in [-0.1, -0.05) is 0 Å². The maximum atomic E-state index is 12.7. The molecule has 0 N–H and O–H groups in total. The SMILES string of the molecule is COc1cc(N2CCN(C(=O)c3ccc4nsnc4c3)CC2=O)ccn1. The number of aromatic nitrogens is 3. The van der Waals surface area contributed by atoms with Gasteiger partial charge in [0.1, 0.15) is 17.6 Å². The molecule has 1 aromatic carbocycles. The second-order valence-corrected chi connectivity index (χ2v) is 6.32. The molecule has 9 heteroatoms. The molecule has 1 aliphatic heterocycles. The van der Waals surface area contributed by atoms with Crippen molar-refractivity contribution in [1.82, 2.24) is 18.6 Å². The number of amides is 2. The van der Waals surface area contributed by atoms with E-state index in [1.54, 1.807) is 46.3 Å². The highest BCUT2D eigenvalue weighted by Gasteiger charge is 2.29. The predicted octanol–water partition coefficient (Wildman–Crippen LogP) is 1.58. The number of fused-ring (bicyclic) bond motifs is 1. The van der Waals surface area contributed by atoms with E-state index in [1.165, 1.54) is 7.11 Å². The number of benzene rings is 1. The minimum absolute atomic E-state index is 0.0246. The fraction of sp³-hybridized carbons (Fsp3) is 0.235. The van der Waals surface area contributed by atoms with E-state index < -0.39 is 0 Å². The Morgan fingerprint density at radius 2 is 2.00 bits per heavy atom. The summed E-state index contributed by atoms with van der Waals surface area (Å²) in [6.45, 7) is 0.887. The van der Waals surface area contributed by atoms with Gasteiger partial charge in [-0.25, -0.2) is 4.98 Å². The van der Waals surface area contributed by atoms with Gasteiger partial charge in [-0.05, 0) is 24.3 Å². The van der Waals surface area contributed by atoms with Crippen molar-refractivity contribution in [2.45, 2.75) is 0 Å². The first-order chi connectivity index (χ1) is 12.7. The van der Waals surface area contributed by atoms with Crippen LogP contribution in [0.15, 0.2) is 36.5 Å². The van der Waals surface area contributed by atoms with Gasteiger partial charge in [0.25, 0.3) is 5.91 Å². The summed E-state index contributed by atoms with van der Waals surface area (Å²) in [6, 6.07) is 8.66. The molecule has 2 aromatic heterocycles. The van der Waals surface area contributed by atoms with Gasteiger partial charge in [0, 0.05) is 30.9 Å². The average molecular weight is 369 g/mol. The number of pyridine rings is 1. The van der Waals surface area contributed by atoms with Gasteiger partial charge < -0.3 is 14.5 Å². The van der Waals surface area contributed by atoms with E-state index in [9.17, 15) is 9.59 Å². The van der Waals surface area contributed by atoms with Crippen molar-refractivity contribution in [1.29, 1.82) is 0 Å². The summed E-state index contributed by atoms with van der Waals surface area (Å²) >= 11 is 1.11. The Balaban J connectivity index is 1.50. The molecule has 132 valence electrons. The van der Waals surface area contributed by atoms with Crippen molar-refractivity contribution in [3.05, 3.63) is 42.1 Å². The van der Waals surface area contributed by atoms with E-state index in [0.717, 1.165) is 17.2 Å². The Hall–Kier alpha value is -3.07. The monoisotopic (exact) mass is 369 g/mol. The van der Waals surface area contributed by atoms with E-state index in [-0.39, 0.29) is 18.4 Å². The second-order valence-electron chi connectivity index (χ2n) is 5.80. The van der Waals surface area contributed by atoms with Gasteiger partial charge >= 0.3 is 0 Å². The highest BCUT2D eigenvalue weighted by molar-refractivity contribution is 7.00. The molecule has 8 nitrogen and oxygen atoms in total. The molecule has 0 unspecified atom stereocenters. The number of methoxy groups -OCH3 is 1. The molecule has 26 heavy (non-hydrogen) atoms. The van der Waals surface area contributed by atoms with Crippen LogP contribution in [0, 0.1) is 0 Å². The van der Waals surface area contributed by atoms with Crippen molar-refractivity contribution < 1.29 is 14.3 Å². The first-order valence-corrected chi connectivity index (χ1v) is 8.71. The third-order valence-electron chi connectivity index (χ3n) is 4.25. The third-order valence-corrected chi connectivity index (χ3v) is 4.80. The Bertz CT molecular complexity index is 989. The summed E-state index contributed by atoms with van der Waals surface area (Å²) in [4.78, 5) is 32.5. The number of carbonyl (C=O) groups is 2. The van der Waals surface area contributed by atoms with Crippen molar-refractivity contribution >= 4 is 40.3 Å². The molecule has 3 aromatic rings. The van der Waals surface area contributed by atoms with Crippen LogP contribution in [0.25, 0.3) is 11.0 Å². The molecule has 2 amide bonds. The van der Waals surface area contributed by atoms with Crippen LogP contribution >= 0.6 is 11.7 Å². The second kappa shape index (κ2) is 6.68. The number of ether oxygens (including phenoxy) is 1. The fourth-order valence-corrected chi connectivity index (χ4v) is 3.41. The summed E-state index contributed by atoms with van der Waals surface area (Å²) in [5, 5.41) is 0. The van der Waals surface area contributed by atoms with Crippen LogP contribution in [0.2, 0.25) is 0 Å². The summed E-state index contributed by atoms with van der Waals surface area (Å²) in [5.74, 6) is 0.119. The van der Waals surface area contributed by atoms with Crippen molar-refractivity contribution in [2.75, 3.05) is 31.6 Å². The summed E-state index contributed by atoms with van der Waals surface area (Å²) in [5.41, 5.74) is 2.68. The van der Waals surface area contributed by atoms with E-state index in [0.29, 0.717) is 35.7 Å². The Morgan fingerprint density at radius 3 is 2.81 bits per heavy atom. The molecule has 1 saturated heterocycles. The van der Waals surface area contributed by atoms with E-state index in [1.807, 2.05) is 0 Å². The zero-order valence-corrected chi connectivity index (χ0v) is 14.8. The standard InChI is InChI=1S/C17H15N5O3S/c1-25-15-9-12(4-5-18-15)22-7-6-21(10-16(22)23)17(24)11-2-3-13-14(8-11)20-26-19-13/h2-5,8-9H,6-7,10H2,1H3. The first kappa shape index (κ1) is 16.4. The lowest BCUT2D eigenvalue weighted by atomic mass is 10.1. The molecule has 1 fully saturated rings. The summed E-state index contributed by atoms with van der Waals surface area (Å²) in [6.07, 6.45) is 1.59. The van der Waals surface area contributed by atoms with E-state index >= 15 is 0 Å². The lowest BCUT2D eigenvalue weighted by Gasteiger charge is -2.34. The van der Waals surface area contributed by atoms with Crippen LogP contribution in [0.1, 0.15) is 10.4 Å². The normalized spacial score (nSPS) is 14.7. The zero-order chi connectivity index (χ0) is 18.1. The number of nitrogens with zero attached hydrogens (tertiary/aromatic N) is 5. The highest BCUT2D eigenvalue weighted by atomic mass is 32.1. The maximum Gasteiger partial charge on any atom is 0.254 e. The molecular formula is C17H15N5O3S. The van der Waals surface area contributed by atoms with Gasteiger partial charge in [0.05, 0.1) is 24.5 Å². The molecule has 0 saturated carbocycles. The smallest absolute Gasteiger partial charge is 0.254 e. The number of hydrogen-bond acceptors (Lipinski definition) is 7. The Kier molecular flexibility index (Phi) is 4.21. The minimum Gasteiger partial charge on any atom is -0.481 e. The van der Waals surface area contributed by atoms with Crippen LogP contribution < -0.4 is 9.64 Å². The lowest BCUT2D eigenvalue weighted by Crippen LogP contribution is -2.52.